The van der Waals surface area contributed by atoms with Gasteiger partial charge in [-0.3, -0.25) is 0 Å². The van der Waals surface area contributed by atoms with Gasteiger partial charge in [0.1, 0.15) is 23.2 Å². The Morgan fingerprint density at radius 1 is 0.654 bits per heavy atom. The van der Waals surface area contributed by atoms with E-state index in [4.69, 9.17) is 0 Å². The molecule has 0 aliphatic heterocycles. The zero-order valence-electron chi connectivity index (χ0n) is 14.7. The Hall–Kier alpha value is -2.09. The van der Waals surface area contributed by atoms with Crippen molar-refractivity contribution < 1.29 is 4.11 Å². The minimum Gasteiger partial charge on any atom is -0.610 e. The van der Waals surface area contributed by atoms with Crippen molar-refractivity contribution in [2.45, 2.75) is 12.8 Å². The smallest absolute Gasteiger partial charge is 0.277 e. The van der Waals surface area contributed by atoms with Gasteiger partial charge in [-0.2, -0.15) is 0 Å². The molecule has 4 heteroatoms. The quantitative estimate of drug-likeness (QED) is 0.256. The molecule has 0 bridgehead atoms. The van der Waals surface area contributed by atoms with Crippen molar-refractivity contribution in [3.8, 4) is 0 Å². The minimum atomic E-state index is -1.77. The predicted octanol–water partition coefficient (Wildman–Crippen LogP) is 4.00. The Morgan fingerprint density at radius 2 is 1.04 bits per heavy atom. The molecule has 0 fully saturated rings. The summed E-state index contributed by atoms with van der Waals surface area (Å²) in [5, 5.41) is 15.3. The fourth-order valence-electron chi connectivity index (χ4n) is 3.47. The van der Waals surface area contributed by atoms with Crippen LogP contribution in [0.4, 0.5) is 0 Å². The summed E-state index contributed by atoms with van der Waals surface area (Å²) in [6.07, 6.45) is 2.83. The SMILES string of the molecule is [O-][N+](=S)CCCC[P+](c1ccccc1)(c1ccccc1)c1ccccc1. The number of hydrogen-bond acceptors (Lipinski definition) is 2. The van der Waals surface area contributed by atoms with Crippen LogP contribution >= 0.6 is 7.26 Å². The molecule has 0 spiro atoms. The van der Waals surface area contributed by atoms with Gasteiger partial charge in [-0.25, -0.2) is 0 Å². The Morgan fingerprint density at radius 3 is 1.38 bits per heavy atom. The summed E-state index contributed by atoms with van der Waals surface area (Å²) in [5.74, 6) is 0. The highest BCUT2D eigenvalue weighted by molar-refractivity contribution is 7.95. The van der Waals surface area contributed by atoms with Crippen LogP contribution in [0.5, 0.6) is 0 Å². The van der Waals surface area contributed by atoms with Crippen LogP contribution in [0.1, 0.15) is 12.8 Å². The summed E-state index contributed by atoms with van der Waals surface area (Å²) in [6.45, 7) is 0.410. The van der Waals surface area contributed by atoms with Crippen molar-refractivity contribution >= 4 is 35.6 Å². The zero-order chi connectivity index (χ0) is 18.2. The lowest BCUT2D eigenvalue weighted by molar-refractivity contribution is -0.426. The molecule has 3 rings (SSSR count). The zero-order valence-corrected chi connectivity index (χ0v) is 16.4. The fraction of sp³-hybridized carbons (Fsp3) is 0.182. The minimum absolute atomic E-state index is 0.410. The van der Waals surface area contributed by atoms with Gasteiger partial charge in [0.25, 0.3) is 12.4 Å². The lowest BCUT2D eigenvalue weighted by atomic mass is 10.3. The summed E-state index contributed by atoms with van der Waals surface area (Å²) in [6, 6.07) is 32.5. The summed E-state index contributed by atoms with van der Waals surface area (Å²) in [4.78, 5) is 0. The van der Waals surface area contributed by atoms with Crippen LogP contribution in [0.25, 0.3) is 0 Å². The average molecular weight is 380 g/mol. The maximum Gasteiger partial charge on any atom is 0.277 e. The number of rotatable bonds is 8. The molecule has 0 aliphatic carbocycles. The molecule has 0 heterocycles. The summed E-state index contributed by atoms with van der Waals surface area (Å²) in [5.41, 5.74) is 0. The number of unbranched alkanes of at least 4 members (excludes halogenated alkanes) is 1. The van der Waals surface area contributed by atoms with E-state index in [1.54, 1.807) is 0 Å². The average Bonchev–Trinajstić information content (AvgIpc) is 2.70. The van der Waals surface area contributed by atoms with Gasteiger partial charge in [-0.15, -0.1) is 4.11 Å². The largest absolute Gasteiger partial charge is 0.610 e. The first kappa shape index (κ1) is 18.7. The molecule has 0 atom stereocenters. The Bertz CT molecular complexity index is 728. The number of nitrogens with zero attached hydrogens (tertiary/aromatic N) is 1. The van der Waals surface area contributed by atoms with Crippen molar-refractivity contribution in [1.82, 2.24) is 0 Å². The first-order valence-corrected chi connectivity index (χ1v) is 11.2. The lowest BCUT2D eigenvalue weighted by Crippen LogP contribution is -2.33. The monoisotopic (exact) mass is 380 g/mol. The third-order valence-electron chi connectivity index (χ3n) is 4.68. The van der Waals surface area contributed by atoms with Crippen molar-refractivity contribution in [3.63, 3.8) is 0 Å². The second-order valence-corrected chi connectivity index (χ2v) is 10.3. The molecule has 3 aromatic carbocycles. The third kappa shape index (κ3) is 4.17. The van der Waals surface area contributed by atoms with E-state index < -0.39 is 7.26 Å². The molecule has 3 aromatic rings. The van der Waals surface area contributed by atoms with Crippen LogP contribution in [0, 0.1) is 5.21 Å². The Labute approximate surface area is 161 Å². The summed E-state index contributed by atoms with van der Waals surface area (Å²) in [7, 11) is -1.77. The molecular weight excluding hydrogens is 357 g/mol. The highest BCUT2D eigenvalue weighted by Crippen LogP contribution is 2.55. The molecule has 0 aliphatic rings. The highest BCUT2D eigenvalue weighted by atomic mass is 32.1. The molecular formula is C22H23NOPS+. The van der Waals surface area contributed by atoms with Gasteiger partial charge >= 0.3 is 0 Å². The summed E-state index contributed by atoms with van der Waals surface area (Å²) >= 11 is 4.65. The van der Waals surface area contributed by atoms with Crippen LogP contribution in [0.15, 0.2) is 91.0 Å². The van der Waals surface area contributed by atoms with Crippen molar-refractivity contribution in [3.05, 3.63) is 96.2 Å². The highest BCUT2D eigenvalue weighted by Gasteiger charge is 2.44. The van der Waals surface area contributed by atoms with Gasteiger partial charge in [0, 0.05) is 6.42 Å². The molecule has 0 N–H and O–H groups in total. The molecule has 0 radical (unpaired) electrons. The van der Waals surface area contributed by atoms with Gasteiger partial charge in [-0.1, -0.05) is 54.6 Å². The molecule has 26 heavy (non-hydrogen) atoms. The van der Waals surface area contributed by atoms with E-state index in [1.165, 1.54) is 15.9 Å². The number of hydroxylamine groups is 1. The predicted molar refractivity (Wildman–Crippen MR) is 115 cm³/mol. The van der Waals surface area contributed by atoms with E-state index >= 15 is 0 Å². The molecule has 0 aromatic heterocycles. The second kappa shape index (κ2) is 9.02. The van der Waals surface area contributed by atoms with E-state index in [-0.39, 0.29) is 0 Å². The first-order chi connectivity index (χ1) is 12.7. The van der Waals surface area contributed by atoms with Gasteiger partial charge in [0.2, 0.25) is 0 Å². The van der Waals surface area contributed by atoms with Crippen LogP contribution in [0.3, 0.4) is 0 Å². The number of hydrogen-bond donors (Lipinski definition) is 0. The number of benzene rings is 3. The van der Waals surface area contributed by atoms with Crippen LogP contribution in [0.2, 0.25) is 0 Å². The normalized spacial score (nSPS) is 11.2. The van der Waals surface area contributed by atoms with E-state index in [0.717, 1.165) is 19.0 Å². The van der Waals surface area contributed by atoms with Crippen molar-refractivity contribution in [2.24, 2.45) is 0 Å². The van der Waals surface area contributed by atoms with Crippen LogP contribution in [-0.2, 0) is 12.4 Å². The molecule has 0 unspecified atom stereocenters. The molecule has 2 nitrogen and oxygen atoms in total. The summed E-state index contributed by atoms with van der Waals surface area (Å²) < 4.78 is 0.619. The van der Waals surface area contributed by atoms with E-state index in [1.807, 2.05) is 0 Å². The molecule has 0 saturated carbocycles. The Balaban J connectivity index is 2.10. The molecule has 0 amide bonds. The lowest BCUT2D eigenvalue weighted by Gasteiger charge is -2.27. The Kier molecular flexibility index (Phi) is 6.49. The van der Waals surface area contributed by atoms with E-state index in [9.17, 15) is 5.21 Å². The maximum absolute atomic E-state index is 11.1. The standard InChI is InChI=1S/C22H23NOPS/c24-23(26)18-10-11-19-25(20-12-4-1-5-13-20,21-14-6-2-7-15-21)22-16-8-3-9-17-22/h1-9,12-17H,10-11,18-19H2/q+1. The third-order valence-corrected chi connectivity index (χ3v) is 9.38. The van der Waals surface area contributed by atoms with Gasteiger partial charge in [0.15, 0.2) is 6.54 Å². The topological polar surface area (TPSA) is 26.1 Å². The molecule has 132 valence electrons. The molecule has 0 saturated heterocycles. The van der Waals surface area contributed by atoms with Crippen molar-refractivity contribution in [2.75, 3.05) is 12.7 Å². The van der Waals surface area contributed by atoms with Gasteiger partial charge in [-0.05, 0) is 42.8 Å². The first-order valence-electron chi connectivity index (χ1n) is 8.90. The van der Waals surface area contributed by atoms with Gasteiger partial charge < -0.3 is 5.21 Å². The van der Waals surface area contributed by atoms with Crippen LogP contribution in [-0.4, -0.2) is 16.8 Å². The van der Waals surface area contributed by atoms with E-state index in [0.29, 0.717) is 10.7 Å². The van der Waals surface area contributed by atoms with E-state index in [2.05, 4.69) is 103 Å². The van der Waals surface area contributed by atoms with Gasteiger partial charge in [0.05, 0.1) is 6.16 Å². The van der Waals surface area contributed by atoms with Crippen LogP contribution < -0.4 is 15.9 Å². The second-order valence-electron chi connectivity index (χ2n) is 6.30. The fourth-order valence-corrected chi connectivity index (χ4v) is 8.01. The maximum atomic E-state index is 11.1. The van der Waals surface area contributed by atoms with Crippen molar-refractivity contribution in [1.29, 1.82) is 0 Å².